The lowest BCUT2D eigenvalue weighted by atomic mass is 10.2. The van der Waals surface area contributed by atoms with Gasteiger partial charge in [-0.3, -0.25) is 0 Å². The smallest absolute Gasteiger partial charge is 0.123 e. The van der Waals surface area contributed by atoms with E-state index < -0.39 is 0 Å². The number of hydrogen-bond donors (Lipinski definition) is 2. The number of nitrogen functional groups attached to an aromatic ring is 1. The average Bonchev–Trinajstić information content (AvgIpc) is 2.25. The van der Waals surface area contributed by atoms with Crippen LogP contribution >= 0.6 is 11.6 Å². The lowest BCUT2D eigenvalue weighted by Crippen LogP contribution is -1.98. The number of aryl methyl sites for hydroxylation is 2. The number of rotatable bonds is 2. The highest BCUT2D eigenvalue weighted by Crippen LogP contribution is 2.27. The highest BCUT2D eigenvalue weighted by atomic mass is 35.5. The van der Waals surface area contributed by atoms with Crippen molar-refractivity contribution in [1.82, 2.24) is 4.98 Å². The van der Waals surface area contributed by atoms with E-state index in [-0.39, 0.29) is 0 Å². The van der Waals surface area contributed by atoms with Crippen molar-refractivity contribution in [1.29, 1.82) is 0 Å². The van der Waals surface area contributed by atoms with E-state index in [9.17, 15) is 0 Å². The second kappa shape index (κ2) is 4.63. The Bertz CT molecular complexity index is 503. The Balaban J connectivity index is 2.31. The molecule has 0 fully saturated rings. The van der Waals surface area contributed by atoms with Crippen molar-refractivity contribution >= 4 is 28.8 Å². The topological polar surface area (TPSA) is 50.9 Å². The molecule has 1 heterocycles. The molecule has 0 radical (unpaired) electrons. The summed E-state index contributed by atoms with van der Waals surface area (Å²) in [5, 5.41) is 3.94. The van der Waals surface area contributed by atoms with E-state index in [1.165, 1.54) is 0 Å². The fourth-order valence-electron chi connectivity index (χ4n) is 1.58. The van der Waals surface area contributed by atoms with Crippen molar-refractivity contribution in [2.45, 2.75) is 13.8 Å². The normalized spacial score (nSPS) is 10.3. The Morgan fingerprint density at radius 2 is 1.82 bits per heavy atom. The predicted molar refractivity (Wildman–Crippen MR) is 72.9 cm³/mol. The van der Waals surface area contributed by atoms with Gasteiger partial charge in [0.15, 0.2) is 0 Å². The molecule has 4 heteroatoms. The van der Waals surface area contributed by atoms with Crippen LogP contribution in [0.4, 0.5) is 17.2 Å². The number of nitrogens with zero attached hydrogens (tertiary/aromatic N) is 1. The molecule has 0 atom stereocenters. The van der Waals surface area contributed by atoms with Gasteiger partial charge < -0.3 is 11.1 Å². The largest absolute Gasteiger partial charge is 0.384 e. The molecule has 2 aromatic rings. The number of benzene rings is 1. The number of anilines is 3. The van der Waals surface area contributed by atoms with Crippen molar-refractivity contribution < 1.29 is 0 Å². The third kappa shape index (κ3) is 2.68. The Morgan fingerprint density at radius 1 is 1.12 bits per heavy atom. The molecule has 0 aliphatic carbocycles. The Kier molecular flexibility index (Phi) is 3.20. The molecular formula is C13H14ClN3. The quantitative estimate of drug-likeness (QED) is 0.851. The predicted octanol–water partition coefficient (Wildman–Crippen LogP) is 3.68. The van der Waals surface area contributed by atoms with Crippen LogP contribution in [-0.4, -0.2) is 4.98 Å². The summed E-state index contributed by atoms with van der Waals surface area (Å²) >= 11 is 6.16. The fourth-order valence-corrected chi connectivity index (χ4v) is 1.86. The van der Waals surface area contributed by atoms with Gasteiger partial charge in [-0.1, -0.05) is 17.7 Å². The van der Waals surface area contributed by atoms with Crippen molar-refractivity contribution in [3.05, 3.63) is 46.6 Å². The van der Waals surface area contributed by atoms with Crippen LogP contribution in [0.3, 0.4) is 0 Å². The maximum atomic E-state index is 6.16. The van der Waals surface area contributed by atoms with Crippen molar-refractivity contribution in [3.8, 4) is 0 Å². The van der Waals surface area contributed by atoms with E-state index in [1.54, 1.807) is 6.07 Å². The third-order valence-corrected chi connectivity index (χ3v) is 2.81. The van der Waals surface area contributed by atoms with E-state index >= 15 is 0 Å². The standard InChI is InChI=1S/C13H14ClN3/c1-8-3-4-12(10(14)7-8)17-11-5-6-13(15)16-9(11)2/h3-7,17H,1-2H3,(H2,15,16). The molecule has 3 N–H and O–H groups in total. The summed E-state index contributed by atoms with van der Waals surface area (Å²) in [6.45, 7) is 3.91. The summed E-state index contributed by atoms with van der Waals surface area (Å²) in [6.07, 6.45) is 0. The molecule has 1 aromatic carbocycles. The van der Waals surface area contributed by atoms with E-state index in [0.717, 1.165) is 22.6 Å². The molecule has 0 aliphatic heterocycles. The fraction of sp³-hybridized carbons (Fsp3) is 0.154. The van der Waals surface area contributed by atoms with Gasteiger partial charge >= 0.3 is 0 Å². The van der Waals surface area contributed by atoms with E-state index in [1.807, 2.05) is 38.1 Å². The molecule has 0 saturated heterocycles. The van der Waals surface area contributed by atoms with Gasteiger partial charge in [-0.15, -0.1) is 0 Å². The van der Waals surface area contributed by atoms with Gasteiger partial charge in [0.05, 0.1) is 22.1 Å². The van der Waals surface area contributed by atoms with Crippen LogP contribution in [0.25, 0.3) is 0 Å². The van der Waals surface area contributed by atoms with Gasteiger partial charge in [-0.25, -0.2) is 4.98 Å². The first kappa shape index (κ1) is 11.7. The van der Waals surface area contributed by atoms with Crippen molar-refractivity contribution in [2.24, 2.45) is 0 Å². The van der Waals surface area contributed by atoms with Gasteiger partial charge in [-0.2, -0.15) is 0 Å². The van der Waals surface area contributed by atoms with Crippen molar-refractivity contribution in [3.63, 3.8) is 0 Å². The maximum absolute atomic E-state index is 6.16. The number of aromatic nitrogens is 1. The van der Waals surface area contributed by atoms with Crippen LogP contribution in [0.15, 0.2) is 30.3 Å². The van der Waals surface area contributed by atoms with Crippen LogP contribution < -0.4 is 11.1 Å². The SMILES string of the molecule is Cc1ccc(Nc2ccc(N)nc2C)c(Cl)c1. The maximum Gasteiger partial charge on any atom is 0.123 e. The zero-order valence-electron chi connectivity index (χ0n) is 9.79. The van der Waals surface area contributed by atoms with Gasteiger partial charge in [0.2, 0.25) is 0 Å². The number of pyridine rings is 1. The number of nitrogens with two attached hydrogens (primary N) is 1. The number of halogens is 1. The first-order chi connectivity index (χ1) is 8.06. The first-order valence-electron chi connectivity index (χ1n) is 5.32. The molecule has 88 valence electrons. The summed E-state index contributed by atoms with van der Waals surface area (Å²) in [5.41, 5.74) is 9.36. The molecule has 0 unspecified atom stereocenters. The van der Waals surface area contributed by atoms with Gasteiger partial charge in [0, 0.05) is 0 Å². The highest BCUT2D eigenvalue weighted by molar-refractivity contribution is 6.33. The summed E-state index contributed by atoms with van der Waals surface area (Å²) in [7, 11) is 0. The van der Waals surface area contributed by atoms with Crippen LogP contribution in [0, 0.1) is 13.8 Å². The van der Waals surface area contributed by atoms with Gasteiger partial charge in [0.1, 0.15) is 5.82 Å². The molecule has 1 aromatic heterocycles. The zero-order valence-corrected chi connectivity index (χ0v) is 10.5. The minimum atomic E-state index is 0.517. The number of hydrogen-bond acceptors (Lipinski definition) is 3. The monoisotopic (exact) mass is 247 g/mol. The molecule has 2 rings (SSSR count). The molecule has 0 aliphatic rings. The van der Waals surface area contributed by atoms with Crippen LogP contribution in [0.2, 0.25) is 5.02 Å². The van der Waals surface area contributed by atoms with E-state index in [0.29, 0.717) is 10.8 Å². The van der Waals surface area contributed by atoms with Crippen LogP contribution in [-0.2, 0) is 0 Å². The molecule has 0 amide bonds. The van der Waals surface area contributed by atoms with Gasteiger partial charge in [0.25, 0.3) is 0 Å². The minimum Gasteiger partial charge on any atom is -0.384 e. The van der Waals surface area contributed by atoms with Crippen LogP contribution in [0.1, 0.15) is 11.3 Å². The second-order valence-electron chi connectivity index (χ2n) is 3.98. The number of nitrogens with one attached hydrogen (secondary N) is 1. The Hall–Kier alpha value is -1.74. The summed E-state index contributed by atoms with van der Waals surface area (Å²) in [4.78, 5) is 4.19. The summed E-state index contributed by atoms with van der Waals surface area (Å²) in [5.74, 6) is 0.517. The summed E-state index contributed by atoms with van der Waals surface area (Å²) in [6, 6.07) is 9.54. The average molecular weight is 248 g/mol. The highest BCUT2D eigenvalue weighted by Gasteiger charge is 2.04. The molecule has 0 saturated carbocycles. The molecular weight excluding hydrogens is 234 g/mol. The first-order valence-corrected chi connectivity index (χ1v) is 5.70. The Labute approximate surface area is 106 Å². The van der Waals surface area contributed by atoms with Gasteiger partial charge in [-0.05, 0) is 43.7 Å². The van der Waals surface area contributed by atoms with E-state index in [4.69, 9.17) is 17.3 Å². The molecule has 0 bridgehead atoms. The van der Waals surface area contributed by atoms with Crippen molar-refractivity contribution in [2.75, 3.05) is 11.1 Å². The lowest BCUT2D eigenvalue weighted by molar-refractivity contribution is 1.21. The summed E-state index contributed by atoms with van der Waals surface area (Å²) < 4.78 is 0. The molecule has 3 nitrogen and oxygen atoms in total. The zero-order chi connectivity index (χ0) is 12.4. The molecule has 0 spiro atoms. The lowest BCUT2D eigenvalue weighted by Gasteiger charge is -2.11. The Morgan fingerprint density at radius 3 is 2.47 bits per heavy atom. The third-order valence-electron chi connectivity index (χ3n) is 2.50. The van der Waals surface area contributed by atoms with Crippen LogP contribution in [0.5, 0.6) is 0 Å². The minimum absolute atomic E-state index is 0.517. The second-order valence-corrected chi connectivity index (χ2v) is 4.38. The van der Waals surface area contributed by atoms with E-state index in [2.05, 4.69) is 10.3 Å². The molecule has 17 heavy (non-hydrogen) atoms.